The van der Waals surface area contributed by atoms with E-state index in [0.29, 0.717) is 0 Å². The first-order valence-corrected chi connectivity index (χ1v) is 9.95. The van der Waals surface area contributed by atoms with Gasteiger partial charge in [-0.05, 0) is 44.9 Å². The number of carbonyl (C=O) groups is 1. The molecule has 3 rings (SSSR count). The predicted octanol–water partition coefficient (Wildman–Crippen LogP) is 2.88. The van der Waals surface area contributed by atoms with Crippen molar-refractivity contribution in [2.75, 3.05) is 57.4 Å². The van der Waals surface area contributed by atoms with Crippen LogP contribution in [0.3, 0.4) is 0 Å². The smallest absolute Gasteiger partial charge is 0.410 e. The van der Waals surface area contributed by atoms with Gasteiger partial charge in [-0.2, -0.15) is 0 Å². The zero-order chi connectivity index (χ0) is 19.4. The Kier molecular flexibility index (Phi) is 6.27. The van der Waals surface area contributed by atoms with Gasteiger partial charge in [-0.3, -0.25) is 4.90 Å². The van der Waals surface area contributed by atoms with Crippen molar-refractivity contribution in [3.8, 4) is 0 Å². The summed E-state index contributed by atoms with van der Waals surface area (Å²) in [5, 5.41) is 0. The normalized spacial score (nSPS) is 19.3. The summed E-state index contributed by atoms with van der Waals surface area (Å²) in [5.41, 5.74) is 3.60. The maximum Gasteiger partial charge on any atom is 0.410 e. The standard InChI is InChI=1S/C21H33N3O3/c1-17-18(6-5-7-19(17)23-12-14-26-15-13-23)16-22-8-10-24(11-9-22)20(25)27-21(2,3)4/h5-7H,8-16H2,1-4H3. The van der Waals surface area contributed by atoms with Crippen molar-refractivity contribution < 1.29 is 14.3 Å². The van der Waals surface area contributed by atoms with E-state index in [4.69, 9.17) is 9.47 Å². The van der Waals surface area contributed by atoms with Crippen LogP contribution in [0.2, 0.25) is 0 Å². The van der Waals surface area contributed by atoms with Crippen molar-refractivity contribution in [1.82, 2.24) is 9.80 Å². The Morgan fingerprint density at radius 3 is 2.37 bits per heavy atom. The summed E-state index contributed by atoms with van der Waals surface area (Å²) in [6.45, 7) is 15.6. The molecule has 1 aromatic rings. The maximum atomic E-state index is 12.2. The number of morpholine rings is 1. The number of nitrogens with zero attached hydrogens (tertiary/aromatic N) is 3. The monoisotopic (exact) mass is 375 g/mol. The second kappa shape index (κ2) is 8.48. The highest BCUT2D eigenvalue weighted by atomic mass is 16.6. The summed E-state index contributed by atoms with van der Waals surface area (Å²) < 4.78 is 11.0. The van der Waals surface area contributed by atoms with Crippen molar-refractivity contribution >= 4 is 11.8 Å². The van der Waals surface area contributed by atoms with Gasteiger partial charge >= 0.3 is 6.09 Å². The van der Waals surface area contributed by atoms with Crippen LogP contribution >= 0.6 is 0 Å². The minimum Gasteiger partial charge on any atom is -0.444 e. The zero-order valence-electron chi connectivity index (χ0n) is 17.2. The van der Waals surface area contributed by atoms with E-state index < -0.39 is 5.60 Å². The Hall–Kier alpha value is -1.79. The molecule has 2 aliphatic rings. The summed E-state index contributed by atoms with van der Waals surface area (Å²) in [7, 11) is 0. The van der Waals surface area contributed by atoms with E-state index in [1.807, 2.05) is 25.7 Å². The molecule has 1 amide bonds. The summed E-state index contributed by atoms with van der Waals surface area (Å²) in [4.78, 5) is 18.9. The van der Waals surface area contributed by atoms with Crippen LogP contribution in [-0.2, 0) is 16.0 Å². The van der Waals surface area contributed by atoms with Crippen LogP contribution in [0.1, 0.15) is 31.9 Å². The summed E-state index contributed by atoms with van der Waals surface area (Å²) in [5.74, 6) is 0. The first kappa shape index (κ1) is 20.0. The molecule has 0 spiro atoms. The predicted molar refractivity (Wildman–Crippen MR) is 107 cm³/mol. The molecular weight excluding hydrogens is 342 g/mol. The Labute approximate surface area is 163 Å². The zero-order valence-corrected chi connectivity index (χ0v) is 17.2. The molecular formula is C21H33N3O3. The third-order valence-corrected chi connectivity index (χ3v) is 5.19. The number of hydrogen-bond donors (Lipinski definition) is 0. The van der Waals surface area contributed by atoms with E-state index in [1.54, 1.807) is 0 Å². The van der Waals surface area contributed by atoms with Crippen molar-refractivity contribution in [2.24, 2.45) is 0 Å². The van der Waals surface area contributed by atoms with E-state index >= 15 is 0 Å². The molecule has 0 unspecified atom stereocenters. The second-order valence-electron chi connectivity index (χ2n) is 8.40. The molecule has 1 aromatic carbocycles. The molecule has 0 radical (unpaired) electrons. The fourth-order valence-electron chi connectivity index (χ4n) is 3.64. The van der Waals surface area contributed by atoms with Crippen LogP contribution < -0.4 is 4.90 Å². The van der Waals surface area contributed by atoms with Crippen LogP contribution in [0.15, 0.2) is 18.2 Å². The molecule has 0 atom stereocenters. The molecule has 150 valence electrons. The number of benzene rings is 1. The van der Waals surface area contributed by atoms with Crippen LogP contribution in [0.25, 0.3) is 0 Å². The Balaban J connectivity index is 1.57. The lowest BCUT2D eigenvalue weighted by Crippen LogP contribution is -2.49. The molecule has 6 nitrogen and oxygen atoms in total. The Bertz CT molecular complexity index is 643. The Morgan fingerprint density at radius 2 is 1.74 bits per heavy atom. The third-order valence-electron chi connectivity index (χ3n) is 5.19. The summed E-state index contributed by atoms with van der Waals surface area (Å²) in [6, 6.07) is 6.59. The lowest BCUT2D eigenvalue weighted by Gasteiger charge is -2.36. The molecule has 6 heteroatoms. The molecule has 2 fully saturated rings. The molecule has 2 aliphatic heterocycles. The number of piperazine rings is 1. The second-order valence-corrected chi connectivity index (χ2v) is 8.40. The largest absolute Gasteiger partial charge is 0.444 e. The quantitative estimate of drug-likeness (QED) is 0.813. The minimum absolute atomic E-state index is 0.201. The Morgan fingerprint density at radius 1 is 1.07 bits per heavy atom. The number of anilines is 1. The van der Waals surface area contributed by atoms with Crippen molar-refractivity contribution in [2.45, 2.75) is 39.8 Å². The number of hydrogen-bond acceptors (Lipinski definition) is 5. The van der Waals surface area contributed by atoms with E-state index in [-0.39, 0.29) is 6.09 Å². The SMILES string of the molecule is Cc1c(CN2CCN(C(=O)OC(C)(C)C)CC2)cccc1N1CCOCC1. The fraction of sp³-hybridized carbons (Fsp3) is 0.667. The van der Waals surface area contributed by atoms with Crippen molar-refractivity contribution in [1.29, 1.82) is 0 Å². The van der Waals surface area contributed by atoms with Crippen LogP contribution in [-0.4, -0.2) is 74.0 Å². The third kappa shape index (κ3) is 5.36. The summed E-state index contributed by atoms with van der Waals surface area (Å²) >= 11 is 0. The van der Waals surface area contributed by atoms with Gasteiger partial charge in [-0.15, -0.1) is 0 Å². The van der Waals surface area contributed by atoms with E-state index in [2.05, 4.69) is 34.9 Å². The molecule has 0 N–H and O–H groups in total. The van der Waals surface area contributed by atoms with Crippen LogP contribution in [0.4, 0.5) is 10.5 Å². The molecule has 0 saturated carbocycles. The highest BCUT2D eigenvalue weighted by Crippen LogP contribution is 2.25. The molecule has 0 aromatic heterocycles. The van der Waals surface area contributed by atoms with E-state index in [0.717, 1.165) is 59.0 Å². The highest BCUT2D eigenvalue weighted by Gasteiger charge is 2.26. The lowest BCUT2D eigenvalue weighted by atomic mass is 10.0. The highest BCUT2D eigenvalue weighted by molar-refractivity contribution is 5.68. The lowest BCUT2D eigenvalue weighted by molar-refractivity contribution is 0.0139. The van der Waals surface area contributed by atoms with Gasteiger partial charge in [0.05, 0.1) is 13.2 Å². The van der Waals surface area contributed by atoms with Gasteiger partial charge in [0.15, 0.2) is 0 Å². The number of amides is 1. The van der Waals surface area contributed by atoms with Crippen LogP contribution in [0.5, 0.6) is 0 Å². The number of carbonyl (C=O) groups excluding carboxylic acids is 1. The maximum absolute atomic E-state index is 12.2. The van der Waals surface area contributed by atoms with Crippen LogP contribution in [0, 0.1) is 6.92 Å². The van der Waals surface area contributed by atoms with E-state index in [1.165, 1.54) is 16.8 Å². The fourth-order valence-corrected chi connectivity index (χ4v) is 3.64. The average molecular weight is 376 g/mol. The van der Waals surface area contributed by atoms with Crippen molar-refractivity contribution in [3.05, 3.63) is 29.3 Å². The molecule has 0 aliphatic carbocycles. The van der Waals surface area contributed by atoms with Gasteiger partial charge in [0.2, 0.25) is 0 Å². The van der Waals surface area contributed by atoms with Gasteiger partial charge in [0.25, 0.3) is 0 Å². The first-order valence-electron chi connectivity index (χ1n) is 9.95. The molecule has 0 bridgehead atoms. The number of rotatable bonds is 3. The van der Waals surface area contributed by atoms with E-state index in [9.17, 15) is 4.79 Å². The van der Waals surface area contributed by atoms with Gasteiger partial charge < -0.3 is 19.3 Å². The van der Waals surface area contributed by atoms with Gasteiger partial charge in [0, 0.05) is 51.5 Å². The molecule has 2 heterocycles. The van der Waals surface area contributed by atoms with Gasteiger partial charge in [0.1, 0.15) is 5.60 Å². The molecule has 27 heavy (non-hydrogen) atoms. The van der Waals surface area contributed by atoms with Gasteiger partial charge in [-0.1, -0.05) is 12.1 Å². The average Bonchev–Trinajstić information content (AvgIpc) is 2.63. The van der Waals surface area contributed by atoms with Crippen molar-refractivity contribution in [3.63, 3.8) is 0 Å². The minimum atomic E-state index is -0.439. The summed E-state index contributed by atoms with van der Waals surface area (Å²) in [6.07, 6.45) is -0.201. The number of ether oxygens (including phenoxy) is 2. The topological polar surface area (TPSA) is 45.2 Å². The first-order chi connectivity index (χ1) is 12.8. The molecule has 2 saturated heterocycles. The van der Waals surface area contributed by atoms with Gasteiger partial charge in [-0.25, -0.2) is 4.79 Å².